The van der Waals surface area contributed by atoms with Crippen molar-refractivity contribution < 1.29 is 17.4 Å². The molecule has 0 aliphatic carbocycles. The second-order valence-corrected chi connectivity index (χ2v) is 6.90. The van der Waals surface area contributed by atoms with Gasteiger partial charge in [0.15, 0.2) is 5.96 Å². The highest BCUT2D eigenvalue weighted by Crippen LogP contribution is 2.24. The van der Waals surface area contributed by atoms with Gasteiger partial charge in [0.1, 0.15) is 10.9 Å². The van der Waals surface area contributed by atoms with Crippen LogP contribution in [0.15, 0.2) is 52.4 Å². The van der Waals surface area contributed by atoms with Gasteiger partial charge in [-0.05, 0) is 24.3 Å². The first-order chi connectivity index (χ1) is 11.8. The highest BCUT2D eigenvalue weighted by Gasteiger charge is 2.25. The minimum absolute atomic E-state index is 0.0605. The van der Waals surface area contributed by atoms with E-state index < -0.39 is 22.1 Å². The Bertz CT molecular complexity index is 887. The summed E-state index contributed by atoms with van der Waals surface area (Å²) in [5.41, 5.74) is 16.1. The van der Waals surface area contributed by atoms with E-state index in [2.05, 4.69) is 4.99 Å². The van der Waals surface area contributed by atoms with Gasteiger partial charge in [0.05, 0.1) is 0 Å². The Kier molecular flexibility index (Phi) is 5.94. The van der Waals surface area contributed by atoms with Crippen molar-refractivity contribution in [3.8, 4) is 0 Å². The summed E-state index contributed by atoms with van der Waals surface area (Å²) in [6.45, 7) is 0.291. The van der Waals surface area contributed by atoms with Gasteiger partial charge in [0.2, 0.25) is 0 Å². The van der Waals surface area contributed by atoms with Crippen LogP contribution in [0.3, 0.4) is 0 Å². The topological polar surface area (TPSA) is 151 Å². The number of guanidine groups is 1. The second-order valence-electron chi connectivity index (χ2n) is 5.39. The van der Waals surface area contributed by atoms with E-state index in [0.29, 0.717) is 18.4 Å². The molecule has 25 heavy (non-hydrogen) atoms. The molecule has 8 nitrogen and oxygen atoms in total. The molecule has 0 bridgehead atoms. The fourth-order valence-electron chi connectivity index (χ4n) is 2.27. The molecule has 2 aromatic carbocycles. The van der Waals surface area contributed by atoms with Crippen molar-refractivity contribution in [2.24, 2.45) is 22.2 Å². The number of hydrogen-bond donors (Lipinski definition) is 3. The van der Waals surface area contributed by atoms with Gasteiger partial charge in [-0.15, -0.1) is 0 Å². The van der Waals surface area contributed by atoms with Gasteiger partial charge in [-0.1, -0.05) is 36.4 Å². The molecule has 0 aliphatic heterocycles. The molecule has 0 saturated carbocycles. The third kappa shape index (κ3) is 4.91. The molecule has 0 unspecified atom stereocenters. The fraction of sp³-hybridized carbons (Fsp3) is 0.250. The van der Waals surface area contributed by atoms with E-state index in [4.69, 9.17) is 21.4 Å². The minimum atomic E-state index is -4.27. The molecule has 9 heteroatoms. The van der Waals surface area contributed by atoms with E-state index in [0.717, 1.165) is 5.39 Å². The Labute approximate surface area is 145 Å². The first-order valence-corrected chi connectivity index (χ1v) is 8.99. The van der Waals surface area contributed by atoms with Crippen LogP contribution in [0.2, 0.25) is 0 Å². The number of aliphatic imine (C=N–C) groups is 1. The highest BCUT2D eigenvalue weighted by atomic mass is 32.2. The molecule has 1 atom stereocenters. The predicted molar refractivity (Wildman–Crippen MR) is 95.1 cm³/mol. The summed E-state index contributed by atoms with van der Waals surface area (Å²) in [6, 6.07) is 10.6. The predicted octanol–water partition coefficient (Wildman–Crippen LogP) is 0.453. The van der Waals surface area contributed by atoms with Gasteiger partial charge in [-0.25, -0.2) is 4.79 Å². The van der Waals surface area contributed by atoms with E-state index in [1.54, 1.807) is 36.4 Å². The largest absolute Gasteiger partial charge is 0.370 e. The lowest BCUT2D eigenvalue weighted by atomic mass is 10.1. The van der Waals surface area contributed by atoms with Crippen molar-refractivity contribution in [3.05, 3.63) is 42.5 Å². The standard InChI is InChI=1S/C16H20N4O4S/c17-13(8-4-10-20-16(18)19)15(21)24-25(22,23)14-9-3-6-11-5-1-2-7-12(11)14/h1-3,5-7,9,13H,4,8,10,17H2,(H4,18,19,20)/t13-/m0/s1. The number of hydrogen-bond acceptors (Lipinski definition) is 6. The Morgan fingerprint density at radius 2 is 1.80 bits per heavy atom. The maximum Gasteiger partial charge on any atom is 0.342 e. The second kappa shape index (κ2) is 7.95. The molecule has 0 radical (unpaired) electrons. The molecule has 0 heterocycles. The van der Waals surface area contributed by atoms with Gasteiger partial charge >= 0.3 is 16.1 Å². The Hall–Kier alpha value is -2.65. The van der Waals surface area contributed by atoms with Crippen LogP contribution in [-0.4, -0.2) is 32.9 Å². The van der Waals surface area contributed by atoms with Crippen LogP contribution < -0.4 is 17.2 Å². The van der Waals surface area contributed by atoms with Crippen molar-refractivity contribution in [3.63, 3.8) is 0 Å². The summed E-state index contributed by atoms with van der Waals surface area (Å²) in [4.78, 5) is 15.7. The van der Waals surface area contributed by atoms with Crippen LogP contribution in [0.5, 0.6) is 0 Å². The number of carbonyl (C=O) groups is 1. The van der Waals surface area contributed by atoms with Gasteiger partial charge in [-0.3, -0.25) is 4.99 Å². The number of carbonyl (C=O) groups excluding carboxylic acids is 1. The van der Waals surface area contributed by atoms with Crippen LogP contribution in [0, 0.1) is 0 Å². The zero-order valence-electron chi connectivity index (χ0n) is 13.5. The normalized spacial score (nSPS) is 12.5. The molecule has 0 spiro atoms. The van der Waals surface area contributed by atoms with Gasteiger partial charge in [-0.2, -0.15) is 8.42 Å². The van der Waals surface area contributed by atoms with E-state index in [1.807, 2.05) is 0 Å². The van der Waals surface area contributed by atoms with Crippen molar-refractivity contribution in [2.45, 2.75) is 23.8 Å². The van der Waals surface area contributed by atoms with Gasteiger partial charge < -0.3 is 21.4 Å². The molecule has 0 fully saturated rings. The summed E-state index contributed by atoms with van der Waals surface area (Å²) in [6.07, 6.45) is 0.614. The van der Waals surface area contributed by atoms with E-state index in [1.165, 1.54) is 6.07 Å². The molecule has 0 aromatic heterocycles. The average molecular weight is 364 g/mol. The summed E-state index contributed by atoms with van der Waals surface area (Å²) in [5.74, 6) is -1.08. The molecule has 0 amide bonds. The Morgan fingerprint density at radius 1 is 1.12 bits per heavy atom. The van der Waals surface area contributed by atoms with Crippen molar-refractivity contribution >= 4 is 32.8 Å². The van der Waals surface area contributed by atoms with Gasteiger partial charge in [0.25, 0.3) is 0 Å². The van der Waals surface area contributed by atoms with Crippen LogP contribution in [0.4, 0.5) is 0 Å². The first kappa shape index (κ1) is 18.7. The summed E-state index contributed by atoms with van der Waals surface area (Å²) in [7, 11) is -4.27. The van der Waals surface area contributed by atoms with Crippen LogP contribution in [0.1, 0.15) is 12.8 Å². The monoisotopic (exact) mass is 364 g/mol. The number of nitrogens with two attached hydrogens (primary N) is 3. The molecule has 2 aromatic rings. The third-order valence-corrected chi connectivity index (χ3v) is 4.76. The molecule has 2 rings (SSSR count). The average Bonchev–Trinajstić information content (AvgIpc) is 2.57. The Morgan fingerprint density at radius 3 is 2.52 bits per heavy atom. The van der Waals surface area contributed by atoms with Crippen molar-refractivity contribution in [1.82, 2.24) is 0 Å². The lowest BCUT2D eigenvalue weighted by molar-refractivity contribution is -0.135. The smallest absolute Gasteiger partial charge is 0.342 e. The van der Waals surface area contributed by atoms with Crippen LogP contribution in [0.25, 0.3) is 10.8 Å². The number of fused-ring (bicyclic) bond motifs is 1. The molecular weight excluding hydrogens is 344 g/mol. The number of nitrogens with zero attached hydrogens (tertiary/aromatic N) is 1. The zero-order chi connectivity index (χ0) is 18.4. The van der Waals surface area contributed by atoms with Crippen LogP contribution in [-0.2, 0) is 19.1 Å². The zero-order valence-corrected chi connectivity index (χ0v) is 14.3. The first-order valence-electron chi connectivity index (χ1n) is 7.58. The molecule has 6 N–H and O–H groups in total. The van der Waals surface area contributed by atoms with Gasteiger partial charge in [0, 0.05) is 11.9 Å². The maximum atomic E-state index is 12.4. The SMILES string of the molecule is NC(N)=NCCC[C@H](N)C(=O)OS(=O)(=O)c1cccc2ccccc12. The quantitative estimate of drug-likeness (QED) is 0.279. The fourth-order valence-corrected chi connectivity index (χ4v) is 3.40. The lowest BCUT2D eigenvalue weighted by Crippen LogP contribution is -2.34. The molecular formula is C16H20N4O4S. The molecule has 0 aliphatic rings. The third-order valence-electron chi connectivity index (χ3n) is 3.48. The number of benzene rings is 2. The van der Waals surface area contributed by atoms with Crippen molar-refractivity contribution in [1.29, 1.82) is 0 Å². The highest BCUT2D eigenvalue weighted by molar-refractivity contribution is 7.87. The lowest BCUT2D eigenvalue weighted by Gasteiger charge is -2.12. The number of rotatable bonds is 7. The summed E-state index contributed by atoms with van der Waals surface area (Å²) in [5, 5.41) is 1.19. The Balaban J connectivity index is 2.09. The van der Waals surface area contributed by atoms with E-state index >= 15 is 0 Å². The summed E-state index contributed by atoms with van der Waals surface area (Å²) < 4.78 is 29.5. The van der Waals surface area contributed by atoms with E-state index in [-0.39, 0.29) is 17.3 Å². The van der Waals surface area contributed by atoms with Crippen LogP contribution >= 0.6 is 0 Å². The summed E-state index contributed by atoms with van der Waals surface area (Å²) >= 11 is 0. The molecule has 134 valence electrons. The maximum absolute atomic E-state index is 12.4. The van der Waals surface area contributed by atoms with E-state index in [9.17, 15) is 13.2 Å². The van der Waals surface area contributed by atoms with Crippen molar-refractivity contribution in [2.75, 3.05) is 6.54 Å². The molecule has 0 saturated heterocycles. The minimum Gasteiger partial charge on any atom is -0.370 e.